The van der Waals surface area contributed by atoms with Crippen molar-refractivity contribution in [2.45, 2.75) is 26.1 Å². The first kappa shape index (κ1) is 20.6. The molecule has 0 aromatic heterocycles. The molecule has 26 heavy (non-hydrogen) atoms. The van der Waals surface area contributed by atoms with Gasteiger partial charge in [0.05, 0.1) is 19.0 Å². The van der Waals surface area contributed by atoms with E-state index in [-0.39, 0.29) is 5.91 Å². The first-order valence-electron chi connectivity index (χ1n) is 8.59. The van der Waals surface area contributed by atoms with E-state index in [1.807, 2.05) is 44.2 Å². The predicted octanol–water partition coefficient (Wildman–Crippen LogP) is 4.80. The molecular formula is C20H24BrNO3S. The van der Waals surface area contributed by atoms with Crippen LogP contribution in [0.4, 0.5) is 0 Å². The van der Waals surface area contributed by atoms with Gasteiger partial charge in [0.15, 0.2) is 11.5 Å². The Balaban J connectivity index is 1.79. The van der Waals surface area contributed by atoms with Crippen molar-refractivity contribution in [3.8, 4) is 11.5 Å². The van der Waals surface area contributed by atoms with Crippen LogP contribution in [0.25, 0.3) is 0 Å². The molecule has 0 aliphatic heterocycles. The number of benzene rings is 2. The lowest BCUT2D eigenvalue weighted by Gasteiger charge is -2.13. The van der Waals surface area contributed by atoms with Gasteiger partial charge in [0.2, 0.25) is 5.91 Å². The van der Waals surface area contributed by atoms with Crippen molar-refractivity contribution in [2.24, 2.45) is 0 Å². The molecule has 2 aromatic carbocycles. The molecule has 140 valence electrons. The average molecular weight is 438 g/mol. The lowest BCUT2D eigenvalue weighted by molar-refractivity contribution is -0.118. The molecule has 0 atom stereocenters. The lowest BCUT2D eigenvalue weighted by Crippen LogP contribution is -2.24. The molecule has 0 fully saturated rings. The quantitative estimate of drug-likeness (QED) is 0.579. The van der Waals surface area contributed by atoms with E-state index in [4.69, 9.17) is 9.47 Å². The Hall–Kier alpha value is -1.66. The summed E-state index contributed by atoms with van der Waals surface area (Å²) in [4.78, 5) is 12.0. The summed E-state index contributed by atoms with van der Waals surface area (Å²) in [5.41, 5.74) is 2.20. The molecule has 0 unspecified atom stereocenters. The average Bonchev–Trinajstić information content (AvgIpc) is 2.64. The van der Waals surface area contributed by atoms with Crippen LogP contribution < -0.4 is 14.8 Å². The third-order valence-electron chi connectivity index (χ3n) is 3.51. The summed E-state index contributed by atoms with van der Waals surface area (Å²) in [5.74, 6) is 2.73. The number of carbonyl (C=O) groups is 1. The van der Waals surface area contributed by atoms with Gasteiger partial charge in [0.1, 0.15) is 0 Å². The Kier molecular flexibility index (Phi) is 8.85. The number of hydrogen-bond acceptors (Lipinski definition) is 4. The van der Waals surface area contributed by atoms with E-state index in [0.717, 1.165) is 21.5 Å². The topological polar surface area (TPSA) is 47.6 Å². The first-order chi connectivity index (χ1) is 12.6. The summed E-state index contributed by atoms with van der Waals surface area (Å²) in [6.07, 6.45) is 0. The van der Waals surface area contributed by atoms with E-state index in [9.17, 15) is 4.79 Å². The summed E-state index contributed by atoms with van der Waals surface area (Å²) < 4.78 is 12.2. The summed E-state index contributed by atoms with van der Waals surface area (Å²) in [5, 5.41) is 2.95. The molecule has 0 heterocycles. The molecule has 0 bridgehead atoms. The minimum absolute atomic E-state index is 0.0268. The standard InChI is InChI=1S/C20H24BrNO3S/c1-3-24-18-10-7-16(11-19(18)25-4-2)12-22-20(23)14-26-13-15-5-8-17(21)9-6-15/h5-11H,3-4,12-14H2,1-2H3,(H,22,23). The minimum atomic E-state index is 0.0268. The second-order valence-electron chi connectivity index (χ2n) is 5.54. The largest absolute Gasteiger partial charge is 0.490 e. The second-order valence-corrected chi connectivity index (χ2v) is 7.44. The lowest BCUT2D eigenvalue weighted by atomic mass is 10.2. The van der Waals surface area contributed by atoms with Gasteiger partial charge in [-0.3, -0.25) is 4.79 Å². The van der Waals surface area contributed by atoms with Gasteiger partial charge >= 0.3 is 0 Å². The van der Waals surface area contributed by atoms with Crippen LogP contribution in [0.3, 0.4) is 0 Å². The minimum Gasteiger partial charge on any atom is -0.490 e. The maximum absolute atomic E-state index is 12.0. The maximum Gasteiger partial charge on any atom is 0.230 e. The molecule has 1 N–H and O–H groups in total. The van der Waals surface area contributed by atoms with Gasteiger partial charge in [-0.25, -0.2) is 0 Å². The Labute approximate surface area is 167 Å². The molecule has 4 nitrogen and oxygen atoms in total. The normalized spacial score (nSPS) is 10.4. The van der Waals surface area contributed by atoms with Crippen molar-refractivity contribution in [3.05, 3.63) is 58.1 Å². The summed E-state index contributed by atoms with van der Waals surface area (Å²) in [6, 6.07) is 13.9. The van der Waals surface area contributed by atoms with Crippen molar-refractivity contribution < 1.29 is 14.3 Å². The SMILES string of the molecule is CCOc1ccc(CNC(=O)CSCc2ccc(Br)cc2)cc1OCC. The molecule has 0 saturated heterocycles. The molecular weight excluding hydrogens is 414 g/mol. The van der Waals surface area contributed by atoms with Crippen LogP contribution in [0, 0.1) is 0 Å². The zero-order valence-electron chi connectivity index (χ0n) is 15.1. The fourth-order valence-corrected chi connectivity index (χ4v) is 3.38. The van der Waals surface area contributed by atoms with E-state index >= 15 is 0 Å². The van der Waals surface area contributed by atoms with Gasteiger partial charge in [-0.05, 0) is 49.2 Å². The van der Waals surface area contributed by atoms with Crippen LogP contribution in [0.2, 0.25) is 0 Å². The highest BCUT2D eigenvalue weighted by molar-refractivity contribution is 9.10. The van der Waals surface area contributed by atoms with E-state index in [0.29, 0.717) is 31.3 Å². The number of nitrogens with one attached hydrogen (secondary N) is 1. The van der Waals surface area contributed by atoms with Gasteiger partial charge in [-0.2, -0.15) is 0 Å². The summed E-state index contributed by atoms with van der Waals surface area (Å²) >= 11 is 5.02. The summed E-state index contributed by atoms with van der Waals surface area (Å²) in [7, 11) is 0. The van der Waals surface area contributed by atoms with Crippen molar-refractivity contribution in [1.29, 1.82) is 0 Å². The molecule has 1 amide bonds. The number of amides is 1. The molecule has 6 heteroatoms. The molecule has 0 saturated carbocycles. The van der Waals surface area contributed by atoms with Gasteiger partial charge in [0, 0.05) is 16.8 Å². The second kappa shape index (κ2) is 11.1. The van der Waals surface area contributed by atoms with Gasteiger partial charge < -0.3 is 14.8 Å². The Morgan fingerprint density at radius 2 is 1.65 bits per heavy atom. The van der Waals surface area contributed by atoms with Crippen LogP contribution in [0.5, 0.6) is 11.5 Å². The molecule has 0 spiro atoms. The molecule has 2 aromatic rings. The highest BCUT2D eigenvalue weighted by atomic mass is 79.9. The molecule has 0 radical (unpaired) electrons. The monoisotopic (exact) mass is 437 g/mol. The molecule has 0 aliphatic rings. The third-order valence-corrected chi connectivity index (χ3v) is 5.05. The molecule has 0 aliphatic carbocycles. The van der Waals surface area contributed by atoms with Crippen LogP contribution >= 0.6 is 27.7 Å². The first-order valence-corrected chi connectivity index (χ1v) is 10.5. The zero-order chi connectivity index (χ0) is 18.8. The Morgan fingerprint density at radius 1 is 1.00 bits per heavy atom. The number of ether oxygens (including phenoxy) is 2. The van der Waals surface area contributed by atoms with Crippen molar-refractivity contribution in [3.63, 3.8) is 0 Å². The highest BCUT2D eigenvalue weighted by Crippen LogP contribution is 2.28. The number of halogens is 1. The van der Waals surface area contributed by atoms with E-state index < -0.39 is 0 Å². The van der Waals surface area contributed by atoms with E-state index in [2.05, 4.69) is 33.4 Å². The smallest absolute Gasteiger partial charge is 0.230 e. The number of rotatable bonds is 10. The maximum atomic E-state index is 12.0. The fraction of sp³-hybridized carbons (Fsp3) is 0.350. The van der Waals surface area contributed by atoms with Crippen molar-refractivity contribution in [2.75, 3.05) is 19.0 Å². The zero-order valence-corrected chi connectivity index (χ0v) is 17.5. The summed E-state index contributed by atoms with van der Waals surface area (Å²) in [6.45, 7) is 5.51. The van der Waals surface area contributed by atoms with Gasteiger partial charge in [-0.1, -0.05) is 34.1 Å². The van der Waals surface area contributed by atoms with E-state index in [1.54, 1.807) is 11.8 Å². The van der Waals surface area contributed by atoms with Gasteiger partial charge in [0.25, 0.3) is 0 Å². The van der Waals surface area contributed by atoms with Crippen LogP contribution in [0.1, 0.15) is 25.0 Å². The van der Waals surface area contributed by atoms with Crippen molar-refractivity contribution in [1.82, 2.24) is 5.32 Å². The fourth-order valence-electron chi connectivity index (χ4n) is 2.30. The molecule has 2 rings (SSSR count). The Bertz CT molecular complexity index is 707. The van der Waals surface area contributed by atoms with Crippen LogP contribution in [-0.4, -0.2) is 24.9 Å². The number of hydrogen-bond donors (Lipinski definition) is 1. The van der Waals surface area contributed by atoms with Crippen LogP contribution in [0.15, 0.2) is 46.9 Å². The van der Waals surface area contributed by atoms with Crippen molar-refractivity contribution >= 4 is 33.6 Å². The highest BCUT2D eigenvalue weighted by Gasteiger charge is 2.08. The van der Waals surface area contributed by atoms with E-state index in [1.165, 1.54) is 5.56 Å². The Morgan fingerprint density at radius 3 is 2.35 bits per heavy atom. The number of thioether (sulfide) groups is 1. The number of carbonyl (C=O) groups excluding carboxylic acids is 1. The predicted molar refractivity (Wildman–Crippen MR) is 111 cm³/mol. The van der Waals surface area contributed by atoms with Crippen LogP contribution in [-0.2, 0) is 17.1 Å². The third kappa shape index (κ3) is 6.92. The van der Waals surface area contributed by atoms with Gasteiger partial charge in [-0.15, -0.1) is 11.8 Å².